The molecule has 2 fully saturated rings. The molecule has 0 radical (unpaired) electrons. The van der Waals surface area contributed by atoms with Gasteiger partial charge in [-0.05, 0) is 71.2 Å². The molecular weight excluding hydrogens is 431 g/mol. The van der Waals surface area contributed by atoms with Crippen molar-refractivity contribution in [2.45, 2.75) is 71.1 Å². The lowest BCUT2D eigenvalue weighted by atomic mass is 9.94. The fourth-order valence-corrected chi connectivity index (χ4v) is 5.49. The molecule has 2 aromatic rings. The van der Waals surface area contributed by atoms with Crippen LogP contribution in [0, 0.1) is 5.82 Å². The highest BCUT2D eigenvalue weighted by Gasteiger charge is 2.37. The molecule has 0 aliphatic carbocycles. The second-order valence-electron chi connectivity index (χ2n) is 10.8. The number of nitrogens with one attached hydrogen (secondary N) is 1. The topological polar surface area (TPSA) is 64.6 Å². The van der Waals surface area contributed by atoms with Crippen LogP contribution in [0.15, 0.2) is 24.3 Å². The number of piperazine rings is 1. The van der Waals surface area contributed by atoms with Gasteiger partial charge in [0.05, 0.1) is 6.54 Å². The molecule has 8 heteroatoms. The maximum absolute atomic E-state index is 13.4. The molecule has 2 saturated heterocycles. The summed E-state index contributed by atoms with van der Waals surface area (Å²) in [6.45, 7) is 12.8. The van der Waals surface area contributed by atoms with Crippen LogP contribution in [-0.2, 0) is 13.0 Å². The first kappa shape index (κ1) is 23.0. The van der Waals surface area contributed by atoms with Gasteiger partial charge in [0.1, 0.15) is 17.3 Å². The number of fused-ring (bicyclic) bond motifs is 2. The Morgan fingerprint density at radius 3 is 2.65 bits per heavy atom. The normalized spacial score (nSPS) is 20.8. The lowest BCUT2D eigenvalue weighted by Crippen LogP contribution is -2.50. The highest BCUT2D eigenvalue weighted by Crippen LogP contribution is 2.33. The zero-order valence-corrected chi connectivity index (χ0v) is 20.6. The first-order valence-corrected chi connectivity index (χ1v) is 12.4. The number of benzene rings is 1. The number of halogens is 1. The lowest BCUT2D eigenvalue weighted by molar-refractivity contribution is 0.0726. The molecule has 1 amide bonds. The van der Waals surface area contributed by atoms with E-state index in [9.17, 15) is 9.18 Å². The first-order chi connectivity index (χ1) is 16.2. The van der Waals surface area contributed by atoms with Crippen molar-refractivity contribution in [3.8, 4) is 0 Å². The van der Waals surface area contributed by atoms with Gasteiger partial charge in [-0.2, -0.15) is 4.98 Å². The predicted molar refractivity (Wildman–Crippen MR) is 132 cm³/mol. The van der Waals surface area contributed by atoms with Crippen molar-refractivity contribution in [3.05, 3.63) is 46.9 Å². The van der Waals surface area contributed by atoms with E-state index in [0.29, 0.717) is 30.6 Å². The zero-order valence-electron chi connectivity index (χ0n) is 20.6. The van der Waals surface area contributed by atoms with Crippen molar-refractivity contribution in [1.82, 2.24) is 19.8 Å². The van der Waals surface area contributed by atoms with Crippen LogP contribution in [0.2, 0.25) is 0 Å². The van der Waals surface area contributed by atoms with Gasteiger partial charge in [0.25, 0.3) is 5.91 Å². The summed E-state index contributed by atoms with van der Waals surface area (Å²) in [6.07, 6.45) is 3.15. The Labute approximate surface area is 201 Å². The van der Waals surface area contributed by atoms with Gasteiger partial charge in [-0.1, -0.05) is 12.1 Å². The second-order valence-corrected chi connectivity index (χ2v) is 10.8. The fourth-order valence-electron chi connectivity index (χ4n) is 5.49. The van der Waals surface area contributed by atoms with E-state index in [0.717, 1.165) is 36.6 Å². The van der Waals surface area contributed by atoms with Gasteiger partial charge in [0, 0.05) is 42.8 Å². The van der Waals surface area contributed by atoms with E-state index in [1.165, 1.54) is 31.5 Å². The van der Waals surface area contributed by atoms with Crippen LogP contribution in [-0.4, -0.2) is 69.5 Å². The predicted octanol–water partition coefficient (Wildman–Crippen LogP) is 3.70. The average Bonchev–Trinajstić information content (AvgIpc) is 3.39. The summed E-state index contributed by atoms with van der Waals surface area (Å²) in [6, 6.07) is 7.26. The van der Waals surface area contributed by atoms with E-state index in [2.05, 4.69) is 29.0 Å². The number of aromatic nitrogens is 2. The largest absolute Gasteiger partial charge is 0.364 e. The van der Waals surface area contributed by atoms with E-state index in [4.69, 9.17) is 9.97 Å². The van der Waals surface area contributed by atoms with Gasteiger partial charge in [-0.3, -0.25) is 9.69 Å². The number of nitrogens with zero attached hydrogens (tertiary/aromatic N) is 5. The van der Waals surface area contributed by atoms with Crippen LogP contribution >= 0.6 is 0 Å². The Kier molecular flexibility index (Phi) is 5.96. The molecule has 7 nitrogen and oxygen atoms in total. The Bertz CT molecular complexity index is 1070. The minimum atomic E-state index is -0.352. The summed E-state index contributed by atoms with van der Waals surface area (Å²) in [7, 11) is 0. The van der Waals surface area contributed by atoms with Crippen LogP contribution in [0.5, 0.6) is 0 Å². The molecule has 0 unspecified atom stereocenters. The molecule has 5 rings (SSSR count). The highest BCUT2D eigenvalue weighted by molar-refractivity contribution is 5.98. The summed E-state index contributed by atoms with van der Waals surface area (Å²) in [5.74, 6) is 1.12. The Morgan fingerprint density at radius 2 is 1.91 bits per heavy atom. The van der Waals surface area contributed by atoms with Gasteiger partial charge in [0.2, 0.25) is 5.95 Å². The monoisotopic (exact) mass is 466 g/mol. The van der Waals surface area contributed by atoms with E-state index < -0.39 is 0 Å². The maximum atomic E-state index is 13.4. The van der Waals surface area contributed by atoms with Crippen molar-refractivity contribution in [3.63, 3.8) is 0 Å². The van der Waals surface area contributed by atoms with Crippen molar-refractivity contribution >= 4 is 17.7 Å². The van der Waals surface area contributed by atoms with E-state index in [-0.39, 0.29) is 23.3 Å². The molecular formula is C26H35FN6O. The van der Waals surface area contributed by atoms with Crippen LogP contribution < -0.4 is 10.2 Å². The van der Waals surface area contributed by atoms with Crippen molar-refractivity contribution in [2.75, 3.05) is 36.4 Å². The van der Waals surface area contributed by atoms with Gasteiger partial charge >= 0.3 is 0 Å². The molecule has 3 aliphatic rings. The molecule has 4 heterocycles. The van der Waals surface area contributed by atoms with E-state index in [1.54, 1.807) is 0 Å². The van der Waals surface area contributed by atoms with Gasteiger partial charge in [0.15, 0.2) is 0 Å². The Morgan fingerprint density at radius 1 is 1.15 bits per heavy atom. The van der Waals surface area contributed by atoms with Gasteiger partial charge in [-0.25, -0.2) is 9.37 Å². The summed E-state index contributed by atoms with van der Waals surface area (Å²) in [4.78, 5) is 29.7. The molecule has 1 N–H and O–H groups in total. The SMILES string of the molecule is CC(C)N1Cc2c(NC(C)(C)Cc3ccc(F)cc3)nc(N3CCN4CCC[C@H]4C3)nc2C1=O. The zero-order chi connectivity index (χ0) is 24.0. The highest BCUT2D eigenvalue weighted by atomic mass is 19.1. The number of anilines is 2. The first-order valence-electron chi connectivity index (χ1n) is 12.4. The quantitative estimate of drug-likeness (QED) is 0.701. The van der Waals surface area contributed by atoms with Crippen molar-refractivity contribution in [2.24, 2.45) is 0 Å². The average molecular weight is 467 g/mol. The third-order valence-electron chi connectivity index (χ3n) is 7.30. The Balaban J connectivity index is 1.46. The molecule has 1 aromatic carbocycles. The molecule has 1 atom stereocenters. The van der Waals surface area contributed by atoms with Gasteiger partial charge in [-0.15, -0.1) is 0 Å². The van der Waals surface area contributed by atoms with Gasteiger partial charge < -0.3 is 15.1 Å². The summed E-state index contributed by atoms with van der Waals surface area (Å²) >= 11 is 0. The number of carbonyl (C=O) groups is 1. The molecule has 3 aliphatic heterocycles. The Hall–Kier alpha value is -2.74. The van der Waals surface area contributed by atoms with Crippen molar-refractivity contribution in [1.29, 1.82) is 0 Å². The third kappa shape index (κ3) is 4.48. The number of rotatable bonds is 6. The number of carbonyl (C=O) groups excluding carboxylic acids is 1. The molecule has 182 valence electrons. The van der Waals surface area contributed by atoms with Crippen LogP contribution in [0.1, 0.15) is 62.2 Å². The molecule has 0 bridgehead atoms. The molecule has 34 heavy (non-hydrogen) atoms. The smallest absolute Gasteiger partial charge is 0.273 e. The second kappa shape index (κ2) is 8.80. The van der Waals surface area contributed by atoms with Crippen LogP contribution in [0.4, 0.5) is 16.2 Å². The molecule has 1 aromatic heterocycles. The fraction of sp³-hybridized carbons (Fsp3) is 0.577. The molecule has 0 saturated carbocycles. The minimum Gasteiger partial charge on any atom is -0.364 e. The lowest BCUT2D eigenvalue weighted by Gasteiger charge is -2.38. The maximum Gasteiger partial charge on any atom is 0.273 e. The van der Waals surface area contributed by atoms with Crippen molar-refractivity contribution < 1.29 is 9.18 Å². The number of amides is 1. The number of hydrogen-bond acceptors (Lipinski definition) is 6. The standard InChI is InChI=1S/C26H35FN6O/c1-17(2)33-16-21-22(24(33)34)28-25(32-13-12-31-11-5-6-20(31)15-32)29-23(21)30-26(3,4)14-18-7-9-19(27)10-8-18/h7-10,17,20H,5-6,11-16H2,1-4H3,(H,28,29,30)/t20-/m0/s1. The summed E-state index contributed by atoms with van der Waals surface area (Å²) in [5, 5.41) is 3.63. The summed E-state index contributed by atoms with van der Waals surface area (Å²) in [5.41, 5.74) is 2.08. The minimum absolute atomic E-state index is 0.0208. The van der Waals surface area contributed by atoms with E-state index in [1.807, 2.05) is 30.9 Å². The van der Waals surface area contributed by atoms with Crippen LogP contribution in [0.3, 0.4) is 0 Å². The summed E-state index contributed by atoms with van der Waals surface area (Å²) < 4.78 is 13.4. The third-order valence-corrected chi connectivity index (χ3v) is 7.30. The van der Waals surface area contributed by atoms with Crippen LogP contribution in [0.25, 0.3) is 0 Å². The number of hydrogen-bond donors (Lipinski definition) is 1. The molecule has 0 spiro atoms. The van der Waals surface area contributed by atoms with E-state index >= 15 is 0 Å².